The van der Waals surface area contributed by atoms with Gasteiger partial charge in [0.1, 0.15) is 17.7 Å². The molecule has 2 N–H and O–H groups in total. The van der Waals surface area contributed by atoms with Crippen molar-refractivity contribution in [1.29, 1.82) is 0 Å². The van der Waals surface area contributed by atoms with E-state index in [1.807, 2.05) is 6.07 Å². The van der Waals surface area contributed by atoms with E-state index in [0.717, 1.165) is 55.3 Å². The standard InChI is InChI=1S/C23H30FN3O2.HI/c1-17-8-9-19(22(13-17)29-21-10-12-28-16-21)15-27-23(25-2)26-11-4-6-18-5-3-7-20(24)14-18;/h3,5,7-9,13-14,21H,4,6,10-12,15-16H2,1-2H3,(H2,25,26,27);1H. The Kier molecular flexibility index (Phi) is 10.4. The Labute approximate surface area is 195 Å². The van der Waals surface area contributed by atoms with Gasteiger partial charge in [0.25, 0.3) is 0 Å². The smallest absolute Gasteiger partial charge is 0.191 e. The van der Waals surface area contributed by atoms with Gasteiger partial charge in [-0.1, -0.05) is 24.3 Å². The van der Waals surface area contributed by atoms with Gasteiger partial charge in [-0.25, -0.2) is 4.39 Å². The second kappa shape index (κ2) is 12.7. The molecule has 30 heavy (non-hydrogen) atoms. The molecule has 0 bridgehead atoms. The SMILES string of the molecule is CN=C(NCCCc1cccc(F)c1)NCc1ccc(C)cc1OC1CCOC1.I. The van der Waals surface area contributed by atoms with Crippen molar-refractivity contribution in [3.63, 3.8) is 0 Å². The molecule has 3 rings (SSSR count). The summed E-state index contributed by atoms with van der Waals surface area (Å²) in [5, 5.41) is 6.66. The number of hydrogen-bond donors (Lipinski definition) is 2. The van der Waals surface area contributed by atoms with E-state index in [0.29, 0.717) is 13.2 Å². The van der Waals surface area contributed by atoms with Gasteiger partial charge in [-0.3, -0.25) is 4.99 Å². The molecule has 0 radical (unpaired) electrons. The third-order valence-electron chi connectivity index (χ3n) is 4.90. The van der Waals surface area contributed by atoms with Crippen LogP contribution in [0.1, 0.15) is 29.5 Å². The maximum atomic E-state index is 13.2. The molecule has 0 amide bonds. The fraction of sp³-hybridized carbons (Fsp3) is 0.435. The minimum absolute atomic E-state index is 0. The first-order valence-electron chi connectivity index (χ1n) is 10.2. The molecule has 1 saturated heterocycles. The maximum Gasteiger partial charge on any atom is 0.191 e. The van der Waals surface area contributed by atoms with Crippen LogP contribution in [0.3, 0.4) is 0 Å². The molecule has 2 aromatic carbocycles. The van der Waals surface area contributed by atoms with Crippen molar-refractivity contribution >= 4 is 29.9 Å². The first-order valence-corrected chi connectivity index (χ1v) is 10.2. The lowest BCUT2D eigenvalue weighted by Gasteiger charge is -2.18. The zero-order valence-corrected chi connectivity index (χ0v) is 19.9. The van der Waals surface area contributed by atoms with Crippen LogP contribution in [-0.2, 0) is 17.7 Å². The van der Waals surface area contributed by atoms with Crippen molar-refractivity contribution in [2.24, 2.45) is 4.99 Å². The van der Waals surface area contributed by atoms with Crippen molar-refractivity contribution < 1.29 is 13.9 Å². The number of rotatable bonds is 8. The second-order valence-corrected chi connectivity index (χ2v) is 7.30. The van der Waals surface area contributed by atoms with E-state index in [-0.39, 0.29) is 35.9 Å². The van der Waals surface area contributed by atoms with Crippen LogP contribution in [-0.4, -0.2) is 38.9 Å². The van der Waals surface area contributed by atoms with Crippen molar-refractivity contribution in [3.8, 4) is 5.75 Å². The van der Waals surface area contributed by atoms with Gasteiger partial charge in [0.05, 0.1) is 13.2 Å². The molecule has 1 atom stereocenters. The molecule has 0 spiro atoms. The lowest BCUT2D eigenvalue weighted by Crippen LogP contribution is -2.37. The van der Waals surface area contributed by atoms with E-state index in [9.17, 15) is 4.39 Å². The van der Waals surface area contributed by atoms with Crippen molar-refractivity contribution in [1.82, 2.24) is 10.6 Å². The Morgan fingerprint density at radius 2 is 2.10 bits per heavy atom. The summed E-state index contributed by atoms with van der Waals surface area (Å²) in [7, 11) is 1.75. The Morgan fingerprint density at radius 1 is 1.23 bits per heavy atom. The van der Waals surface area contributed by atoms with Gasteiger partial charge >= 0.3 is 0 Å². The van der Waals surface area contributed by atoms with Crippen LogP contribution < -0.4 is 15.4 Å². The number of ether oxygens (including phenoxy) is 2. The summed E-state index contributed by atoms with van der Waals surface area (Å²) in [4.78, 5) is 4.29. The van der Waals surface area contributed by atoms with Crippen molar-refractivity contribution in [2.45, 2.75) is 38.8 Å². The summed E-state index contributed by atoms with van der Waals surface area (Å²) >= 11 is 0. The molecule has 1 heterocycles. The average Bonchev–Trinajstić information content (AvgIpc) is 3.22. The van der Waals surface area contributed by atoms with Gasteiger partial charge in [-0.05, 0) is 49.1 Å². The second-order valence-electron chi connectivity index (χ2n) is 7.30. The number of nitrogens with zero attached hydrogens (tertiary/aromatic N) is 1. The summed E-state index contributed by atoms with van der Waals surface area (Å²) in [6.45, 7) is 4.85. The Morgan fingerprint density at radius 3 is 2.83 bits per heavy atom. The number of guanidine groups is 1. The quantitative estimate of drug-likeness (QED) is 0.234. The third kappa shape index (κ3) is 7.75. The monoisotopic (exact) mass is 527 g/mol. The molecular weight excluding hydrogens is 496 g/mol. The molecule has 7 heteroatoms. The normalized spacial score (nSPS) is 16.1. The minimum atomic E-state index is -0.187. The highest BCUT2D eigenvalue weighted by molar-refractivity contribution is 14.0. The van der Waals surface area contributed by atoms with Gasteiger partial charge < -0.3 is 20.1 Å². The van der Waals surface area contributed by atoms with Crippen LogP contribution in [0, 0.1) is 12.7 Å². The van der Waals surface area contributed by atoms with E-state index in [2.05, 4.69) is 40.7 Å². The Hall–Kier alpha value is -1.87. The van der Waals surface area contributed by atoms with E-state index in [1.165, 1.54) is 11.6 Å². The molecule has 2 aromatic rings. The third-order valence-corrected chi connectivity index (χ3v) is 4.90. The maximum absolute atomic E-state index is 13.2. The molecule has 1 aliphatic heterocycles. The molecule has 0 aromatic heterocycles. The minimum Gasteiger partial charge on any atom is -0.488 e. The van der Waals surface area contributed by atoms with E-state index < -0.39 is 0 Å². The highest BCUT2D eigenvalue weighted by atomic mass is 127. The van der Waals surface area contributed by atoms with Crippen LogP contribution in [0.25, 0.3) is 0 Å². The number of benzene rings is 2. The van der Waals surface area contributed by atoms with E-state index in [4.69, 9.17) is 9.47 Å². The Bertz CT molecular complexity index is 826. The fourth-order valence-corrected chi connectivity index (χ4v) is 3.29. The lowest BCUT2D eigenvalue weighted by molar-refractivity contribution is 0.140. The van der Waals surface area contributed by atoms with Crippen LogP contribution in [0.5, 0.6) is 5.75 Å². The number of aliphatic imine (C=N–C) groups is 1. The zero-order chi connectivity index (χ0) is 20.5. The molecular formula is C23H31FIN3O2. The molecule has 5 nitrogen and oxygen atoms in total. The van der Waals surface area contributed by atoms with Gasteiger partial charge in [0.2, 0.25) is 0 Å². The van der Waals surface area contributed by atoms with Crippen LogP contribution in [0.15, 0.2) is 47.5 Å². The Balaban J connectivity index is 0.00000320. The number of halogens is 2. The molecule has 164 valence electrons. The molecule has 0 aliphatic carbocycles. The number of nitrogens with one attached hydrogen (secondary N) is 2. The summed E-state index contributed by atoms with van der Waals surface area (Å²) in [6.07, 6.45) is 2.76. The first-order chi connectivity index (χ1) is 14.1. The van der Waals surface area contributed by atoms with Gasteiger partial charge in [0, 0.05) is 32.1 Å². The first kappa shape index (κ1) is 24.4. The van der Waals surface area contributed by atoms with Gasteiger partial charge in [-0.2, -0.15) is 0 Å². The highest BCUT2D eigenvalue weighted by Gasteiger charge is 2.18. The predicted molar refractivity (Wildman–Crippen MR) is 129 cm³/mol. The predicted octanol–water partition coefficient (Wildman–Crippen LogP) is 4.22. The van der Waals surface area contributed by atoms with Crippen molar-refractivity contribution in [3.05, 3.63) is 65.0 Å². The molecule has 0 saturated carbocycles. The fourth-order valence-electron chi connectivity index (χ4n) is 3.29. The highest BCUT2D eigenvalue weighted by Crippen LogP contribution is 2.23. The largest absolute Gasteiger partial charge is 0.488 e. The summed E-state index contributed by atoms with van der Waals surface area (Å²) in [6, 6.07) is 13.0. The summed E-state index contributed by atoms with van der Waals surface area (Å²) in [5.74, 6) is 1.45. The average molecular weight is 527 g/mol. The van der Waals surface area contributed by atoms with Gasteiger partial charge in [0.15, 0.2) is 5.96 Å². The van der Waals surface area contributed by atoms with E-state index in [1.54, 1.807) is 19.2 Å². The lowest BCUT2D eigenvalue weighted by atomic mass is 10.1. The summed E-state index contributed by atoms with van der Waals surface area (Å²) < 4.78 is 24.8. The van der Waals surface area contributed by atoms with Crippen LogP contribution >= 0.6 is 24.0 Å². The van der Waals surface area contributed by atoms with E-state index >= 15 is 0 Å². The zero-order valence-electron chi connectivity index (χ0n) is 17.6. The van der Waals surface area contributed by atoms with Gasteiger partial charge in [-0.15, -0.1) is 24.0 Å². The number of hydrogen-bond acceptors (Lipinski definition) is 3. The molecule has 1 aliphatic rings. The van der Waals surface area contributed by atoms with Crippen molar-refractivity contribution in [2.75, 3.05) is 26.8 Å². The topological polar surface area (TPSA) is 54.9 Å². The van der Waals surface area contributed by atoms with Crippen LogP contribution in [0.2, 0.25) is 0 Å². The molecule has 1 fully saturated rings. The number of aryl methyl sites for hydroxylation is 2. The molecule has 1 unspecified atom stereocenters. The van der Waals surface area contributed by atoms with Crippen LogP contribution in [0.4, 0.5) is 4.39 Å². The summed E-state index contributed by atoms with van der Waals surface area (Å²) in [5.41, 5.74) is 3.26.